The van der Waals surface area contributed by atoms with Crippen LogP contribution in [0.25, 0.3) is 0 Å². The van der Waals surface area contributed by atoms with Crippen LogP contribution in [-0.2, 0) is 6.42 Å². The number of nitrogens with zero attached hydrogens (tertiary/aromatic N) is 4. The van der Waals surface area contributed by atoms with Crippen molar-refractivity contribution in [1.29, 1.82) is 0 Å². The van der Waals surface area contributed by atoms with Crippen molar-refractivity contribution in [2.45, 2.75) is 20.3 Å². The normalized spacial score (nSPS) is 14.4. The molecule has 0 spiro atoms. The van der Waals surface area contributed by atoms with E-state index < -0.39 is 0 Å². The summed E-state index contributed by atoms with van der Waals surface area (Å²) in [6.07, 6.45) is 0.700. The van der Waals surface area contributed by atoms with E-state index in [-0.39, 0.29) is 5.91 Å². The van der Waals surface area contributed by atoms with Gasteiger partial charge in [0, 0.05) is 60.1 Å². The third kappa shape index (κ3) is 5.26. The van der Waals surface area contributed by atoms with Gasteiger partial charge in [0.05, 0.1) is 0 Å². The van der Waals surface area contributed by atoms with Gasteiger partial charge in [-0.25, -0.2) is 9.97 Å². The predicted octanol–water partition coefficient (Wildman–Crippen LogP) is 4.47. The molecule has 2 heterocycles. The summed E-state index contributed by atoms with van der Waals surface area (Å²) in [5.74, 6) is 1.58. The van der Waals surface area contributed by atoms with Crippen LogP contribution in [0.1, 0.15) is 33.0 Å². The fourth-order valence-corrected chi connectivity index (χ4v) is 4.01. The van der Waals surface area contributed by atoms with Gasteiger partial charge < -0.3 is 15.1 Å². The number of hydrogen-bond donors (Lipinski definition) is 1. The number of carbonyl (C=O) groups excluding carboxylic acids is 1. The Morgan fingerprint density at radius 2 is 1.62 bits per heavy atom. The zero-order valence-corrected chi connectivity index (χ0v) is 19.5. The fourth-order valence-electron chi connectivity index (χ4n) is 3.88. The first-order valence-electron chi connectivity index (χ1n) is 10.8. The number of carbonyl (C=O) groups is 1. The average molecular weight is 450 g/mol. The van der Waals surface area contributed by atoms with Crippen molar-refractivity contribution in [2.75, 3.05) is 38.5 Å². The standard InChI is InChI=1S/C25H28ClN5O/c1-17-23(16-19-4-8-21(26)9-5-19)24(28-18(2)27-17)29-22-10-6-20(7-11-22)25(32)31-14-12-30(3)13-15-31/h4-11H,12-16H2,1-3H3,(H,27,28,29). The van der Waals surface area contributed by atoms with E-state index >= 15 is 0 Å². The van der Waals surface area contributed by atoms with Crippen LogP contribution < -0.4 is 5.32 Å². The molecule has 7 heteroatoms. The first kappa shape index (κ1) is 22.2. The summed E-state index contributed by atoms with van der Waals surface area (Å²) >= 11 is 6.03. The number of aromatic nitrogens is 2. The lowest BCUT2D eigenvalue weighted by Gasteiger charge is -2.32. The molecular weight excluding hydrogens is 422 g/mol. The van der Waals surface area contributed by atoms with E-state index in [2.05, 4.69) is 27.2 Å². The van der Waals surface area contributed by atoms with Gasteiger partial charge >= 0.3 is 0 Å². The zero-order chi connectivity index (χ0) is 22.7. The van der Waals surface area contributed by atoms with E-state index in [0.717, 1.165) is 59.5 Å². The van der Waals surface area contributed by atoms with Crippen LogP contribution >= 0.6 is 11.6 Å². The topological polar surface area (TPSA) is 61.4 Å². The SMILES string of the molecule is Cc1nc(C)c(Cc2ccc(Cl)cc2)c(Nc2ccc(C(=O)N3CCN(C)CC3)cc2)n1. The molecule has 1 saturated heterocycles. The van der Waals surface area contributed by atoms with Crippen LogP contribution in [-0.4, -0.2) is 58.9 Å². The molecule has 1 aliphatic heterocycles. The van der Waals surface area contributed by atoms with Crippen molar-refractivity contribution in [3.8, 4) is 0 Å². The summed E-state index contributed by atoms with van der Waals surface area (Å²) in [5, 5.41) is 4.15. The van der Waals surface area contributed by atoms with Crippen LogP contribution in [0.5, 0.6) is 0 Å². The second-order valence-corrected chi connectivity index (χ2v) is 8.72. The van der Waals surface area contributed by atoms with Crippen LogP contribution in [0.15, 0.2) is 48.5 Å². The van der Waals surface area contributed by atoms with Crippen molar-refractivity contribution in [3.63, 3.8) is 0 Å². The van der Waals surface area contributed by atoms with E-state index in [1.54, 1.807) is 0 Å². The minimum atomic E-state index is 0.0850. The minimum absolute atomic E-state index is 0.0850. The Kier molecular flexibility index (Phi) is 6.72. The number of likely N-dealkylation sites (N-methyl/N-ethyl adjacent to an activating group) is 1. The van der Waals surface area contributed by atoms with Gasteiger partial charge in [-0.05, 0) is 62.9 Å². The molecule has 166 valence electrons. The number of halogens is 1. The van der Waals surface area contributed by atoms with Gasteiger partial charge in [-0.3, -0.25) is 4.79 Å². The highest BCUT2D eigenvalue weighted by molar-refractivity contribution is 6.30. The van der Waals surface area contributed by atoms with Gasteiger partial charge in [-0.1, -0.05) is 23.7 Å². The predicted molar refractivity (Wildman–Crippen MR) is 129 cm³/mol. The van der Waals surface area contributed by atoms with Crippen molar-refractivity contribution < 1.29 is 4.79 Å². The number of hydrogen-bond acceptors (Lipinski definition) is 5. The van der Waals surface area contributed by atoms with Gasteiger partial charge in [-0.2, -0.15) is 0 Å². The number of amides is 1. The number of anilines is 2. The van der Waals surface area contributed by atoms with Crippen LogP contribution in [0, 0.1) is 13.8 Å². The highest BCUT2D eigenvalue weighted by Crippen LogP contribution is 2.25. The van der Waals surface area contributed by atoms with Gasteiger partial charge in [0.1, 0.15) is 11.6 Å². The van der Waals surface area contributed by atoms with E-state index in [1.165, 1.54) is 0 Å². The molecule has 1 amide bonds. The average Bonchev–Trinajstić information content (AvgIpc) is 2.78. The summed E-state index contributed by atoms with van der Waals surface area (Å²) in [4.78, 5) is 26.2. The molecule has 0 radical (unpaired) electrons. The second-order valence-electron chi connectivity index (χ2n) is 8.28. The van der Waals surface area contributed by atoms with E-state index in [9.17, 15) is 4.79 Å². The lowest BCUT2D eigenvalue weighted by Crippen LogP contribution is -2.47. The third-order valence-electron chi connectivity index (χ3n) is 5.80. The molecular formula is C25H28ClN5O. The van der Waals surface area contributed by atoms with E-state index in [0.29, 0.717) is 17.8 Å². The van der Waals surface area contributed by atoms with E-state index in [4.69, 9.17) is 11.6 Å². The molecule has 1 aliphatic rings. The monoisotopic (exact) mass is 449 g/mol. The second kappa shape index (κ2) is 9.67. The van der Waals surface area contributed by atoms with E-state index in [1.807, 2.05) is 67.3 Å². The zero-order valence-electron chi connectivity index (χ0n) is 18.7. The molecule has 1 aromatic heterocycles. The maximum atomic E-state index is 12.8. The van der Waals surface area contributed by atoms with Gasteiger partial charge in [0.2, 0.25) is 0 Å². The summed E-state index contributed by atoms with van der Waals surface area (Å²) in [5.41, 5.74) is 4.71. The Bertz CT molecular complexity index is 1090. The highest BCUT2D eigenvalue weighted by Gasteiger charge is 2.20. The summed E-state index contributed by atoms with van der Waals surface area (Å²) in [6.45, 7) is 7.25. The number of benzene rings is 2. The van der Waals surface area contributed by atoms with Gasteiger partial charge in [0.15, 0.2) is 0 Å². The van der Waals surface area contributed by atoms with Crippen molar-refractivity contribution in [1.82, 2.24) is 19.8 Å². The maximum absolute atomic E-state index is 12.8. The molecule has 1 N–H and O–H groups in total. The molecule has 0 atom stereocenters. The van der Waals surface area contributed by atoms with Crippen LogP contribution in [0.2, 0.25) is 5.02 Å². The highest BCUT2D eigenvalue weighted by atomic mass is 35.5. The van der Waals surface area contributed by atoms with Gasteiger partial charge in [0.25, 0.3) is 5.91 Å². The number of rotatable bonds is 5. The lowest BCUT2D eigenvalue weighted by atomic mass is 10.0. The van der Waals surface area contributed by atoms with Gasteiger partial charge in [-0.15, -0.1) is 0 Å². The van der Waals surface area contributed by atoms with Crippen molar-refractivity contribution in [3.05, 3.63) is 81.8 Å². The minimum Gasteiger partial charge on any atom is -0.340 e. The molecule has 4 rings (SSSR count). The summed E-state index contributed by atoms with van der Waals surface area (Å²) in [7, 11) is 2.08. The Balaban J connectivity index is 1.52. The lowest BCUT2D eigenvalue weighted by molar-refractivity contribution is 0.0664. The number of piperazine rings is 1. The quantitative estimate of drug-likeness (QED) is 0.622. The fraction of sp³-hybridized carbons (Fsp3) is 0.320. The Morgan fingerprint density at radius 3 is 2.28 bits per heavy atom. The Labute approximate surface area is 194 Å². The maximum Gasteiger partial charge on any atom is 0.253 e. The molecule has 3 aromatic rings. The first-order chi connectivity index (χ1) is 15.4. The molecule has 0 unspecified atom stereocenters. The third-order valence-corrected chi connectivity index (χ3v) is 6.06. The number of nitrogens with one attached hydrogen (secondary N) is 1. The molecule has 1 fully saturated rings. The van der Waals surface area contributed by atoms with Crippen molar-refractivity contribution in [2.24, 2.45) is 0 Å². The summed E-state index contributed by atoms with van der Waals surface area (Å²) in [6, 6.07) is 15.4. The molecule has 0 saturated carbocycles. The van der Waals surface area contributed by atoms with Crippen LogP contribution in [0.3, 0.4) is 0 Å². The number of aryl methyl sites for hydroxylation is 2. The first-order valence-corrected chi connectivity index (χ1v) is 11.2. The molecule has 0 aliphatic carbocycles. The molecule has 2 aromatic carbocycles. The summed E-state index contributed by atoms with van der Waals surface area (Å²) < 4.78 is 0. The molecule has 6 nitrogen and oxygen atoms in total. The Hall–Kier alpha value is -2.96. The Morgan fingerprint density at radius 1 is 0.969 bits per heavy atom. The molecule has 0 bridgehead atoms. The smallest absolute Gasteiger partial charge is 0.253 e. The van der Waals surface area contributed by atoms with Crippen molar-refractivity contribution >= 4 is 29.0 Å². The largest absolute Gasteiger partial charge is 0.340 e. The van der Waals surface area contributed by atoms with Crippen LogP contribution in [0.4, 0.5) is 11.5 Å². The molecule has 32 heavy (non-hydrogen) atoms.